The topological polar surface area (TPSA) is 108 Å². The molecule has 1 N–H and O–H groups in total. The van der Waals surface area contributed by atoms with E-state index in [2.05, 4.69) is 62.5 Å². The fraction of sp³-hybridized carbons (Fsp3) is 0.863. The predicted octanol–water partition coefficient (Wildman–Crippen LogP) is 23.2. The van der Waals surface area contributed by atoms with Crippen LogP contribution in [0.15, 0.2) is 48.6 Å². The van der Waals surface area contributed by atoms with Gasteiger partial charge in [0.05, 0.1) is 27.7 Å². The van der Waals surface area contributed by atoms with E-state index in [9.17, 15) is 19.0 Å². The number of ether oxygens (including phenoxy) is 2. The zero-order valence-corrected chi connectivity index (χ0v) is 56.6. The summed E-state index contributed by atoms with van der Waals surface area (Å²) >= 11 is 0. The number of esters is 2. The molecule has 0 aliphatic heterocycles. The van der Waals surface area contributed by atoms with Crippen molar-refractivity contribution in [3.63, 3.8) is 0 Å². The lowest BCUT2D eigenvalue weighted by molar-refractivity contribution is -0.870. The van der Waals surface area contributed by atoms with Gasteiger partial charge in [-0.25, -0.2) is 4.57 Å². The number of allylic oxidation sites excluding steroid dienone is 8. The Hall–Kier alpha value is -2.03. The zero-order valence-electron chi connectivity index (χ0n) is 55.7. The van der Waals surface area contributed by atoms with Gasteiger partial charge in [0, 0.05) is 12.8 Å². The Morgan fingerprint density at radius 3 is 0.976 bits per heavy atom. The van der Waals surface area contributed by atoms with Gasteiger partial charge in [0.15, 0.2) is 6.10 Å². The zero-order chi connectivity index (χ0) is 60.5. The number of hydrogen-bond donors (Lipinski definition) is 1. The van der Waals surface area contributed by atoms with Gasteiger partial charge in [0.2, 0.25) is 0 Å². The first-order chi connectivity index (χ1) is 40.5. The van der Waals surface area contributed by atoms with Crippen molar-refractivity contribution in [2.24, 2.45) is 0 Å². The molecule has 0 aliphatic carbocycles. The Bertz CT molecular complexity index is 1540. The standard InChI is InChI=1S/C73H138NO8P/c1-6-8-10-12-14-16-18-20-22-24-26-27-28-29-30-31-32-33-34-35-36-37-38-39-40-41-42-43-44-45-46-47-48-50-52-54-56-58-60-62-64-66-73(76)82-71(70-81-83(77,78)80-68-67-74(3,4)5)69-79-72(75)65-63-61-59-57-55-53-51-49-25-23-21-19-17-15-13-11-9-7-2/h18,20,23-26,28-29,71H,6-17,19,21-22,27,30-70H2,1-5H3/p+1/b20-18-,25-23-,26-24-,29-28-. The van der Waals surface area contributed by atoms with Gasteiger partial charge in [0.1, 0.15) is 19.8 Å². The van der Waals surface area contributed by atoms with Crippen molar-refractivity contribution in [1.82, 2.24) is 0 Å². The monoisotopic (exact) mass is 1190 g/mol. The lowest BCUT2D eigenvalue weighted by Gasteiger charge is -2.24. The van der Waals surface area contributed by atoms with Crippen LogP contribution in [-0.2, 0) is 32.7 Å². The van der Waals surface area contributed by atoms with E-state index >= 15 is 0 Å². The van der Waals surface area contributed by atoms with E-state index in [1.807, 2.05) is 21.1 Å². The molecular weight excluding hydrogens is 1050 g/mol. The molecule has 488 valence electrons. The summed E-state index contributed by atoms with van der Waals surface area (Å²) in [4.78, 5) is 35.8. The number of unbranched alkanes of at least 4 members (excludes halogenated alkanes) is 45. The Labute approximate surface area is 515 Å². The second-order valence-electron chi connectivity index (χ2n) is 25.6. The minimum absolute atomic E-state index is 0.0331. The van der Waals surface area contributed by atoms with Crippen molar-refractivity contribution in [2.75, 3.05) is 47.5 Å². The lowest BCUT2D eigenvalue weighted by atomic mass is 10.0. The molecule has 0 aromatic carbocycles. The molecule has 0 saturated carbocycles. The van der Waals surface area contributed by atoms with E-state index in [4.69, 9.17) is 18.5 Å². The number of carbonyl (C=O) groups excluding carboxylic acids is 2. The Balaban J connectivity index is 3.88. The van der Waals surface area contributed by atoms with Crippen LogP contribution in [-0.4, -0.2) is 74.9 Å². The van der Waals surface area contributed by atoms with Gasteiger partial charge < -0.3 is 18.9 Å². The number of rotatable bonds is 67. The fourth-order valence-electron chi connectivity index (χ4n) is 10.6. The molecule has 2 unspecified atom stereocenters. The van der Waals surface area contributed by atoms with E-state index in [1.165, 1.54) is 276 Å². The number of hydrogen-bond acceptors (Lipinski definition) is 7. The smallest absolute Gasteiger partial charge is 0.462 e. The van der Waals surface area contributed by atoms with Crippen molar-refractivity contribution in [3.8, 4) is 0 Å². The van der Waals surface area contributed by atoms with Crippen molar-refractivity contribution >= 4 is 19.8 Å². The summed E-state index contributed by atoms with van der Waals surface area (Å²) in [6.45, 7) is 4.47. The molecule has 0 radical (unpaired) electrons. The quantitative estimate of drug-likeness (QED) is 0.0211. The normalized spacial score (nSPS) is 13.4. The van der Waals surface area contributed by atoms with Crippen LogP contribution in [0.25, 0.3) is 0 Å². The van der Waals surface area contributed by atoms with Gasteiger partial charge in [0.25, 0.3) is 0 Å². The average Bonchev–Trinajstić information content (AvgIpc) is 3.48. The molecule has 0 bridgehead atoms. The molecule has 83 heavy (non-hydrogen) atoms. The molecule has 2 atom stereocenters. The number of phosphoric acid groups is 1. The molecule has 9 nitrogen and oxygen atoms in total. The maximum Gasteiger partial charge on any atom is 0.472 e. The minimum atomic E-state index is -4.39. The molecule has 0 rings (SSSR count). The second-order valence-corrected chi connectivity index (χ2v) is 27.1. The maximum atomic E-state index is 12.9. The molecule has 10 heteroatoms. The third-order valence-corrected chi connectivity index (χ3v) is 17.1. The summed E-state index contributed by atoms with van der Waals surface area (Å²) in [5.74, 6) is -0.785. The largest absolute Gasteiger partial charge is 0.472 e. The Kier molecular flexibility index (Phi) is 62.9. The van der Waals surface area contributed by atoms with Crippen LogP contribution in [0.5, 0.6) is 0 Å². The van der Waals surface area contributed by atoms with Gasteiger partial charge in [-0.05, 0) is 77.0 Å². The molecule has 0 amide bonds. The third kappa shape index (κ3) is 68.9. The highest BCUT2D eigenvalue weighted by Gasteiger charge is 2.27. The van der Waals surface area contributed by atoms with Crippen LogP contribution in [0, 0.1) is 0 Å². The molecule has 0 saturated heterocycles. The highest BCUT2D eigenvalue weighted by atomic mass is 31.2. The fourth-order valence-corrected chi connectivity index (χ4v) is 11.3. The van der Waals surface area contributed by atoms with Crippen molar-refractivity contribution in [2.45, 2.75) is 360 Å². The number of quaternary nitrogens is 1. The van der Waals surface area contributed by atoms with Crippen LogP contribution >= 0.6 is 7.82 Å². The summed E-state index contributed by atoms with van der Waals surface area (Å²) in [6.07, 6.45) is 83.8. The highest BCUT2D eigenvalue weighted by molar-refractivity contribution is 7.47. The van der Waals surface area contributed by atoms with Crippen molar-refractivity contribution < 1.29 is 42.1 Å². The van der Waals surface area contributed by atoms with Crippen LogP contribution in [0.2, 0.25) is 0 Å². The molecule has 0 fully saturated rings. The van der Waals surface area contributed by atoms with Gasteiger partial charge in [-0.2, -0.15) is 0 Å². The molecular formula is C73H139NO8P+. The summed E-state index contributed by atoms with van der Waals surface area (Å²) < 4.78 is 34.7. The summed E-state index contributed by atoms with van der Waals surface area (Å²) in [6, 6.07) is 0. The van der Waals surface area contributed by atoms with Gasteiger partial charge in [-0.15, -0.1) is 0 Å². The first kappa shape index (κ1) is 81.0. The summed E-state index contributed by atoms with van der Waals surface area (Å²) in [7, 11) is 1.49. The summed E-state index contributed by atoms with van der Waals surface area (Å²) in [5, 5.41) is 0. The predicted molar refractivity (Wildman–Crippen MR) is 358 cm³/mol. The molecule has 0 aromatic rings. The maximum absolute atomic E-state index is 12.9. The number of phosphoric ester groups is 1. The van der Waals surface area contributed by atoms with Gasteiger partial charge in [-0.3, -0.25) is 18.6 Å². The minimum Gasteiger partial charge on any atom is -0.462 e. The first-order valence-corrected chi connectivity index (χ1v) is 37.4. The van der Waals surface area contributed by atoms with Gasteiger partial charge >= 0.3 is 19.8 Å². The first-order valence-electron chi connectivity index (χ1n) is 35.9. The van der Waals surface area contributed by atoms with Crippen LogP contribution in [0.3, 0.4) is 0 Å². The Morgan fingerprint density at radius 1 is 0.373 bits per heavy atom. The van der Waals surface area contributed by atoms with Gasteiger partial charge in [-0.1, -0.05) is 313 Å². The number of carbonyl (C=O) groups is 2. The SMILES string of the molecule is CCCCCCC/C=C\C/C=C\C/C=C\CCCCCCCCCCCCCCCCCCCCCCCCCCCCC(=O)OC(COC(=O)CCCCCCCCC/C=C\CCCCCCCCC)COP(=O)(O)OCC[N+](C)(C)C. The number of nitrogens with zero attached hydrogens (tertiary/aromatic N) is 1. The van der Waals surface area contributed by atoms with E-state index in [0.29, 0.717) is 17.4 Å². The van der Waals surface area contributed by atoms with E-state index in [1.54, 1.807) is 0 Å². The lowest BCUT2D eigenvalue weighted by Crippen LogP contribution is -2.37. The van der Waals surface area contributed by atoms with Crippen LogP contribution in [0.4, 0.5) is 0 Å². The number of likely N-dealkylation sites (N-methyl/N-ethyl adjacent to an activating group) is 1. The molecule has 0 spiro atoms. The second kappa shape index (κ2) is 64.4. The van der Waals surface area contributed by atoms with E-state index < -0.39 is 26.5 Å². The van der Waals surface area contributed by atoms with E-state index in [-0.39, 0.29) is 32.0 Å². The third-order valence-electron chi connectivity index (χ3n) is 16.1. The average molecular weight is 1190 g/mol. The van der Waals surface area contributed by atoms with Crippen molar-refractivity contribution in [1.29, 1.82) is 0 Å². The van der Waals surface area contributed by atoms with E-state index in [0.717, 1.165) is 44.9 Å². The highest BCUT2D eigenvalue weighted by Crippen LogP contribution is 2.43. The molecule has 0 aromatic heterocycles. The Morgan fingerprint density at radius 2 is 0.651 bits per heavy atom. The van der Waals surface area contributed by atoms with Crippen LogP contribution in [0.1, 0.15) is 354 Å². The summed E-state index contributed by atoms with van der Waals surface area (Å²) in [5.41, 5.74) is 0. The van der Waals surface area contributed by atoms with Crippen molar-refractivity contribution in [3.05, 3.63) is 48.6 Å². The van der Waals surface area contributed by atoms with Crippen LogP contribution < -0.4 is 0 Å². The molecule has 0 aliphatic rings. The molecule has 0 heterocycles.